The first kappa shape index (κ1) is 18.1. The topological polar surface area (TPSA) is 0 Å². The van der Waals surface area contributed by atoms with Crippen LogP contribution in [0.4, 0.5) is 0 Å². The molecule has 12 heavy (non-hydrogen) atoms. The van der Waals surface area contributed by atoms with Gasteiger partial charge in [0, 0.05) is 0 Å². The molecule has 0 saturated carbocycles. The number of rotatable bonds is 2. The molecule has 0 aromatic rings. The second-order valence-corrected chi connectivity index (χ2v) is 71.1. The first-order valence-electron chi connectivity index (χ1n) is 3.88. The van der Waals surface area contributed by atoms with Crippen molar-refractivity contribution >= 4 is 48.9 Å². The van der Waals surface area contributed by atoms with Crippen LogP contribution in [-0.4, -0.2) is 0 Å². The summed E-state index contributed by atoms with van der Waals surface area (Å²) in [5.74, 6) is 0. The Morgan fingerprint density at radius 2 is 1.00 bits per heavy atom. The fourth-order valence-electron chi connectivity index (χ4n) is 0.250. The first-order chi connectivity index (χ1) is 5.12. The van der Waals surface area contributed by atoms with Crippen molar-refractivity contribution in [3.05, 3.63) is 0 Å². The van der Waals surface area contributed by atoms with E-state index in [1.54, 1.807) is 0 Å². The Hall–Kier alpha value is 3.69. The predicted molar refractivity (Wildman–Crippen MR) is 68.4 cm³/mol. The summed E-state index contributed by atoms with van der Waals surface area (Å²) in [4.78, 5) is 0. The van der Waals surface area contributed by atoms with Gasteiger partial charge in [0.2, 0.25) is 0 Å². The summed E-state index contributed by atoms with van der Waals surface area (Å²) in [6.45, 7) is 4.48. The molecule has 0 aliphatic carbocycles. The Balaban J connectivity index is 0. The Kier molecular flexibility index (Phi) is 13.2. The van der Waals surface area contributed by atoms with Crippen molar-refractivity contribution in [3.8, 4) is 0 Å². The van der Waals surface area contributed by atoms with Crippen LogP contribution in [0.15, 0.2) is 0 Å². The quantitative estimate of drug-likeness (QED) is 0.345. The third kappa shape index (κ3) is 23.5. The van der Waals surface area contributed by atoms with Crippen molar-refractivity contribution in [2.24, 2.45) is 0 Å². The van der Waals surface area contributed by atoms with Crippen LogP contribution in [0, 0.1) is 0 Å². The van der Waals surface area contributed by atoms with E-state index in [2.05, 4.69) is 72.0 Å². The monoisotopic (exact) mass is 584 g/mol. The molecule has 0 amide bonds. The van der Waals surface area contributed by atoms with Crippen molar-refractivity contribution < 1.29 is 31.1 Å². The van der Waals surface area contributed by atoms with E-state index in [4.69, 9.17) is 0 Å². The molecule has 0 rings (SSSR count). The fourth-order valence-corrected chi connectivity index (χ4v) is 1.48. The number of hydrogen-bond donors (Lipinski definition) is 0. The van der Waals surface area contributed by atoms with Gasteiger partial charge in [-0.25, -0.2) is 0 Å². The molecule has 0 heterocycles. The molecule has 0 saturated heterocycles. The van der Waals surface area contributed by atoms with E-state index in [0.717, 1.165) is 0 Å². The molecule has 0 fully saturated rings. The van der Waals surface area contributed by atoms with Gasteiger partial charge in [-0.2, -0.15) is 0 Å². The molecule has 0 N–H and O–H groups in total. The van der Waals surface area contributed by atoms with E-state index in [-0.39, 0.29) is 0 Å². The van der Waals surface area contributed by atoms with Gasteiger partial charge in [0.1, 0.15) is 0 Å². The molecule has 0 spiro atoms. The first-order valence-corrected chi connectivity index (χ1v) is 34.8. The second-order valence-electron chi connectivity index (χ2n) is 2.89. The third-order valence-corrected chi connectivity index (χ3v) is 19.4. The summed E-state index contributed by atoms with van der Waals surface area (Å²) in [6.07, 6.45) is 0. The molecule has 0 aliphatic heterocycles. The van der Waals surface area contributed by atoms with Gasteiger partial charge in [0.25, 0.3) is 0 Å². The van der Waals surface area contributed by atoms with Crippen LogP contribution in [0.5, 0.6) is 0 Å². The molecule has 0 atom stereocenters. The van der Waals surface area contributed by atoms with Gasteiger partial charge in [-0.3, -0.25) is 0 Å². The molecule has 0 aromatic heterocycles. The van der Waals surface area contributed by atoms with Gasteiger partial charge in [0.05, 0.1) is 0 Å². The summed E-state index contributed by atoms with van der Waals surface area (Å²) in [7, 11) is 0. The fraction of sp³-hybridized carbons (Fsp3) is 1.00. The molecule has 0 bridgehead atoms. The Labute approximate surface area is 109 Å². The second kappa shape index (κ2) is 8.79. The molecule has 0 aromatic carbocycles. The third-order valence-electron chi connectivity index (χ3n) is 1.03. The Morgan fingerprint density at radius 1 is 0.833 bits per heavy atom. The van der Waals surface area contributed by atoms with Gasteiger partial charge in [0.15, 0.2) is 0 Å². The summed E-state index contributed by atoms with van der Waals surface area (Å²) < 4.78 is 7.14. The molecule has 0 nitrogen and oxygen atoms in total. The van der Waals surface area contributed by atoms with Crippen LogP contribution in [0.2, 0.25) is 17.5 Å². The zero-order valence-corrected chi connectivity index (χ0v) is 19.2. The standard InChI is InChI=1S/2C2H5.2CH3.4BrH.2Zr/c2*1-2;;;;;;;;/h2*1H2,2H3;2*1H3;4*1H;;/q;;;;;;;;2*+2/p-4. The van der Waals surface area contributed by atoms with Crippen LogP contribution >= 0.6 is 48.9 Å². The van der Waals surface area contributed by atoms with Crippen LogP contribution in [0.1, 0.15) is 13.8 Å². The van der Waals surface area contributed by atoms with E-state index in [0.29, 0.717) is 0 Å². The SMILES string of the molecule is C[CH2][Zr]([Br])([Br])[CH2]C.[CH3][Zr]([CH3])([Br])[Br]. The van der Waals surface area contributed by atoms with Crippen LogP contribution in [0.3, 0.4) is 0 Å². The molecule has 6 heteroatoms. The minimum atomic E-state index is -1.66. The van der Waals surface area contributed by atoms with E-state index in [9.17, 15) is 0 Å². The maximum absolute atomic E-state index is 3.71. The molecular formula is C6H16Br4Zr2. The van der Waals surface area contributed by atoms with Crippen LogP contribution in [0.25, 0.3) is 0 Å². The molecular weight excluding hydrogens is 574 g/mol. The summed E-state index contributed by atoms with van der Waals surface area (Å²) >= 11 is 11.2. The van der Waals surface area contributed by atoms with Gasteiger partial charge >= 0.3 is 111 Å². The van der Waals surface area contributed by atoms with Crippen molar-refractivity contribution in [2.75, 3.05) is 0 Å². The zero-order chi connectivity index (χ0) is 10.4. The van der Waals surface area contributed by atoms with Gasteiger partial charge < -0.3 is 0 Å². The zero-order valence-electron chi connectivity index (χ0n) is 7.93. The summed E-state index contributed by atoms with van der Waals surface area (Å²) in [6, 6.07) is 0. The average Bonchev–Trinajstić information content (AvgIpc) is 1.85. The summed E-state index contributed by atoms with van der Waals surface area (Å²) in [5.41, 5.74) is 0. The predicted octanol–water partition coefficient (Wildman–Crippen LogP) is 6.49. The van der Waals surface area contributed by atoms with Gasteiger partial charge in [-0.15, -0.1) is 0 Å². The van der Waals surface area contributed by atoms with Gasteiger partial charge in [-0.05, 0) is 0 Å². The van der Waals surface area contributed by atoms with Crippen molar-refractivity contribution in [1.82, 2.24) is 0 Å². The molecule has 0 unspecified atom stereocenters. The molecule has 76 valence electrons. The number of hydrogen-bond acceptors (Lipinski definition) is 0. The van der Waals surface area contributed by atoms with Crippen LogP contribution < -0.4 is 0 Å². The van der Waals surface area contributed by atoms with E-state index >= 15 is 0 Å². The van der Waals surface area contributed by atoms with Crippen molar-refractivity contribution in [1.29, 1.82) is 0 Å². The maximum atomic E-state index is 3.71. The molecule has 0 aliphatic rings. The van der Waals surface area contributed by atoms with Gasteiger partial charge in [-0.1, -0.05) is 0 Å². The van der Waals surface area contributed by atoms with E-state index < -0.39 is 31.1 Å². The normalized spacial score (nSPS) is 12.0. The van der Waals surface area contributed by atoms with Crippen molar-refractivity contribution in [2.45, 2.75) is 31.4 Å². The Morgan fingerprint density at radius 3 is 1.00 bits per heavy atom. The van der Waals surface area contributed by atoms with Crippen LogP contribution in [-0.2, 0) is 31.1 Å². The van der Waals surface area contributed by atoms with E-state index in [1.165, 1.54) is 8.26 Å². The average molecular weight is 590 g/mol. The number of halogens is 4. The van der Waals surface area contributed by atoms with E-state index in [1.807, 2.05) is 0 Å². The Bertz CT molecular complexity index is 98.6. The van der Waals surface area contributed by atoms with Crippen molar-refractivity contribution in [3.63, 3.8) is 0 Å². The molecule has 0 radical (unpaired) electrons. The summed E-state index contributed by atoms with van der Waals surface area (Å²) in [5, 5.41) is 0. The minimum absolute atomic E-state index is 1.34.